The van der Waals surface area contributed by atoms with Crippen LogP contribution in [0, 0.1) is 0 Å². The van der Waals surface area contributed by atoms with Gasteiger partial charge in [-0.2, -0.15) is 0 Å². The minimum Gasteiger partial charge on any atom is -0.446 e. The zero-order valence-electron chi connectivity index (χ0n) is 23.1. The van der Waals surface area contributed by atoms with Crippen LogP contribution in [0.5, 0.6) is 0 Å². The van der Waals surface area contributed by atoms with Crippen molar-refractivity contribution in [2.24, 2.45) is 0 Å². The summed E-state index contributed by atoms with van der Waals surface area (Å²) in [5, 5.41) is 8.99. The number of hydrogen-bond acceptors (Lipinski definition) is 11. The van der Waals surface area contributed by atoms with Gasteiger partial charge in [0.1, 0.15) is 0 Å². The van der Waals surface area contributed by atoms with Crippen LogP contribution in [0.1, 0.15) is 32.1 Å². The summed E-state index contributed by atoms with van der Waals surface area (Å²) in [7, 11) is 0. The van der Waals surface area contributed by atoms with E-state index in [9.17, 15) is 28.8 Å². The third kappa shape index (κ3) is 12.4. The number of Topliss-reactive ketones (excluding diaryl/α,β-unsaturated/α-hetero) is 2. The van der Waals surface area contributed by atoms with Gasteiger partial charge >= 0.3 is 5.97 Å². The Morgan fingerprint density at radius 2 is 1.39 bits per heavy atom. The number of ketones is 2. The number of thioether (sulfide) groups is 1. The van der Waals surface area contributed by atoms with Crippen molar-refractivity contribution in [3.63, 3.8) is 0 Å². The van der Waals surface area contributed by atoms with Crippen molar-refractivity contribution in [2.75, 3.05) is 64.7 Å². The maximum Gasteiger partial charge on any atom is 0.308 e. The van der Waals surface area contributed by atoms with Gasteiger partial charge < -0.3 is 25.6 Å². The normalized spacial score (nSPS) is 16.4. The summed E-state index contributed by atoms with van der Waals surface area (Å²) < 4.78 is 5.06. The van der Waals surface area contributed by atoms with Gasteiger partial charge in [-0.25, -0.2) is 4.98 Å². The molecule has 1 aromatic heterocycles. The Morgan fingerprint density at radius 3 is 2.00 bits per heavy atom. The molecule has 0 spiro atoms. The molecule has 1 aromatic rings. The molecule has 13 nitrogen and oxygen atoms in total. The number of amides is 3. The molecule has 0 atom stereocenters. The molecule has 1 aliphatic heterocycles. The number of aromatic nitrogens is 1. The number of piperazine rings is 1. The SMILES string of the molecule is O=C(CCNC(=O)CSc1ccccn1)NCCC(=O)NCCN1CCN(CCC(=O)OC2C(=O)CCC2=O)CC1. The molecule has 224 valence electrons. The molecule has 0 bridgehead atoms. The molecule has 41 heavy (non-hydrogen) atoms. The van der Waals surface area contributed by atoms with Crippen molar-refractivity contribution in [3.05, 3.63) is 24.4 Å². The van der Waals surface area contributed by atoms with E-state index in [0.717, 1.165) is 31.2 Å². The fourth-order valence-corrected chi connectivity index (χ4v) is 4.97. The van der Waals surface area contributed by atoms with Crippen molar-refractivity contribution < 1.29 is 33.5 Å². The number of nitrogens with zero attached hydrogens (tertiary/aromatic N) is 3. The molecule has 2 heterocycles. The number of ether oxygens (including phenoxy) is 1. The first-order chi connectivity index (χ1) is 19.8. The zero-order valence-corrected chi connectivity index (χ0v) is 23.9. The number of carbonyl (C=O) groups excluding carboxylic acids is 6. The molecule has 1 saturated carbocycles. The quantitative estimate of drug-likeness (QED) is 0.125. The smallest absolute Gasteiger partial charge is 0.308 e. The van der Waals surface area contributed by atoms with Gasteiger partial charge in [0.2, 0.25) is 23.8 Å². The largest absolute Gasteiger partial charge is 0.446 e. The summed E-state index contributed by atoms with van der Waals surface area (Å²) in [6.45, 7) is 5.23. The molecular formula is C27H38N6O7S. The Morgan fingerprint density at radius 1 is 0.805 bits per heavy atom. The molecule has 1 saturated heterocycles. The predicted octanol–water partition coefficient (Wildman–Crippen LogP) is -0.846. The van der Waals surface area contributed by atoms with Gasteiger partial charge in [0.05, 0.1) is 17.2 Å². The molecule has 0 unspecified atom stereocenters. The molecule has 3 amide bonds. The number of rotatable bonds is 16. The molecular weight excluding hydrogens is 552 g/mol. The van der Waals surface area contributed by atoms with Gasteiger partial charge in [0.15, 0.2) is 11.6 Å². The second-order valence-electron chi connectivity index (χ2n) is 9.74. The van der Waals surface area contributed by atoms with E-state index in [1.54, 1.807) is 12.3 Å². The van der Waals surface area contributed by atoms with E-state index in [4.69, 9.17) is 4.74 Å². The predicted molar refractivity (Wildman–Crippen MR) is 150 cm³/mol. The van der Waals surface area contributed by atoms with E-state index in [1.165, 1.54) is 11.8 Å². The summed E-state index contributed by atoms with van der Waals surface area (Å²) >= 11 is 1.32. The highest BCUT2D eigenvalue weighted by Gasteiger charge is 2.36. The van der Waals surface area contributed by atoms with Crippen molar-refractivity contribution in [3.8, 4) is 0 Å². The monoisotopic (exact) mass is 590 g/mol. The summed E-state index contributed by atoms with van der Waals surface area (Å²) in [5.41, 5.74) is 0. The first-order valence-electron chi connectivity index (χ1n) is 13.8. The van der Waals surface area contributed by atoms with Gasteiger partial charge in [-0.3, -0.25) is 33.7 Å². The first kappa shape index (κ1) is 32.2. The Balaban J connectivity index is 1.14. The summed E-state index contributed by atoms with van der Waals surface area (Å²) in [5.74, 6) is -1.51. The van der Waals surface area contributed by atoms with Gasteiger partial charge in [-0.05, 0) is 12.1 Å². The molecule has 2 aliphatic rings. The molecule has 0 aromatic carbocycles. The minimum absolute atomic E-state index is 0.129. The maximum absolute atomic E-state index is 12.1. The van der Waals surface area contributed by atoms with Crippen molar-refractivity contribution in [1.29, 1.82) is 0 Å². The molecule has 2 fully saturated rings. The molecule has 0 radical (unpaired) electrons. The lowest BCUT2D eigenvalue weighted by Gasteiger charge is -2.34. The Bertz CT molecular complexity index is 1050. The summed E-state index contributed by atoms with van der Waals surface area (Å²) in [6, 6.07) is 5.48. The van der Waals surface area contributed by atoms with Gasteiger partial charge in [0, 0.05) is 90.8 Å². The topological polar surface area (TPSA) is 167 Å². The van der Waals surface area contributed by atoms with Gasteiger partial charge in [0.25, 0.3) is 0 Å². The summed E-state index contributed by atoms with van der Waals surface area (Å²) in [4.78, 5) is 79.6. The van der Waals surface area contributed by atoms with Crippen molar-refractivity contribution in [1.82, 2.24) is 30.7 Å². The van der Waals surface area contributed by atoms with Crippen LogP contribution in [0.4, 0.5) is 0 Å². The lowest BCUT2D eigenvalue weighted by molar-refractivity contribution is -0.157. The van der Waals surface area contributed by atoms with E-state index in [1.807, 2.05) is 12.1 Å². The standard InChI is InChI=1S/C27H38N6O7S/c34-20-4-5-21(35)27(20)40-26(39)8-13-32-15-17-33(18-16-32)14-12-30-23(37)6-10-28-22(36)7-11-29-24(38)19-41-25-3-1-2-9-31-25/h1-3,9,27H,4-8,10-19H2,(H,28,36)(H,29,38)(H,30,37). The van der Waals surface area contributed by atoms with E-state index >= 15 is 0 Å². The van der Waals surface area contributed by atoms with Crippen LogP contribution in [-0.2, 0) is 33.5 Å². The minimum atomic E-state index is -1.21. The fraction of sp³-hybridized carbons (Fsp3) is 0.593. The van der Waals surface area contributed by atoms with E-state index in [-0.39, 0.29) is 80.2 Å². The van der Waals surface area contributed by atoms with Crippen LogP contribution in [0.3, 0.4) is 0 Å². The highest BCUT2D eigenvalue weighted by atomic mass is 32.2. The number of nitrogens with one attached hydrogen (secondary N) is 3. The lowest BCUT2D eigenvalue weighted by Crippen LogP contribution is -2.49. The number of pyridine rings is 1. The van der Waals surface area contributed by atoms with E-state index < -0.39 is 12.1 Å². The van der Waals surface area contributed by atoms with Crippen LogP contribution >= 0.6 is 11.8 Å². The van der Waals surface area contributed by atoms with E-state index in [0.29, 0.717) is 19.6 Å². The second-order valence-corrected chi connectivity index (χ2v) is 10.7. The molecule has 3 N–H and O–H groups in total. The number of esters is 1. The highest BCUT2D eigenvalue weighted by Crippen LogP contribution is 2.15. The molecule has 3 rings (SSSR count). The van der Waals surface area contributed by atoms with Crippen molar-refractivity contribution >= 4 is 47.0 Å². The van der Waals surface area contributed by atoms with Crippen LogP contribution < -0.4 is 16.0 Å². The van der Waals surface area contributed by atoms with Gasteiger partial charge in [-0.1, -0.05) is 17.8 Å². The van der Waals surface area contributed by atoms with Crippen LogP contribution in [0.2, 0.25) is 0 Å². The highest BCUT2D eigenvalue weighted by molar-refractivity contribution is 7.99. The average Bonchev–Trinajstić information content (AvgIpc) is 3.28. The fourth-order valence-electron chi connectivity index (χ4n) is 4.28. The zero-order chi connectivity index (χ0) is 29.5. The van der Waals surface area contributed by atoms with Crippen LogP contribution in [0.15, 0.2) is 29.4 Å². The lowest BCUT2D eigenvalue weighted by atomic mass is 10.2. The third-order valence-electron chi connectivity index (χ3n) is 6.64. The third-order valence-corrected chi connectivity index (χ3v) is 7.58. The first-order valence-corrected chi connectivity index (χ1v) is 14.8. The van der Waals surface area contributed by atoms with Gasteiger partial charge in [-0.15, -0.1) is 0 Å². The van der Waals surface area contributed by atoms with Crippen LogP contribution in [0.25, 0.3) is 0 Å². The Kier molecular flexibility index (Phi) is 13.7. The van der Waals surface area contributed by atoms with Crippen molar-refractivity contribution in [2.45, 2.75) is 43.2 Å². The Hall–Kier alpha value is -3.36. The maximum atomic E-state index is 12.1. The van der Waals surface area contributed by atoms with Crippen LogP contribution in [-0.4, -0.2) is 121 Å². The number of hydrogen-bond donors (Lipinski definition) is 3. The Labute approximate surface area is 243 Å². The molecule has 14 heteroatoms. The van der Waals surface area contributed by atoms with E-state index in [2.05, 4.69) is 30.7 Å². The summed E-state index contributed by atoms with van der Waals surface area (Å²) in [6.07, 6.45) is 1.17. The molecule has 1 aliphatic carbocycles. The second kappa shape index (κ2) is 17.5. The number of carbonyl (C=O) groups is 6. The average molecular weight is 591 g/mol.